The molecule has 0 radical (unpaired) electrons. The maximum Gasteiger partial charge on any atom is 0.244 e. The van der Waals surface area contributed by atoms with Crippen molar-refractivity contribution in [1.82, 2.24) is 15.2 Å². The zero-order valence-electron chi connectivity index (χ0n) is 13.8. The Bertz CT molecular complexity index is 513. The second kappa shape index (κ2) is 8.50. The van der Waals surface area contributed by atoms with Crippen molar-refractivity contribution in [2.45, 2.75) is 39.2 Å². The van der Waals surface area contributed by atoms with Crippen molar-refractivity contribution in [3.8, 4) is 5.75 Å². The number of amides is 2. The van der Waals surface area contributed by atoms with Gasteiger partial charge in [-0.1, -0.05) is 0 Å². The fourth-order valence-corrected chi connectivity index (χ4v) is 2.86. The number of hydrogen-bond donors (Lipinski definition) is 1. The fraction of sp³-hybridized carbons (Fsp3) is 0.588. The molecule has 23 heavy (non-hydrogen) atoms. The van der Waals surface area contributed by atoms with Crippen molar-refractivity contribution in [3.63, 3.8) is 0 Å². The van der Waals surface area contributed by atoms with Crippen molar-refractivity contribution < 1.29 is 14.3 Å². The summed E-state index contributed by atoms with van der Waals surface area (Å²) in [5.74, 6) is 1.20. The minimum Gasteiger partial charge on any atom is -0.492 e. The van der Waals surface area contributed by atoms with Crippen molar-refractivity contribution in [1.29, 1.82) is 0 Å². The quantitative estimate of drug-likeness (QED) is 0.865. The average molecular weight is 319 g/mol. The van der Waals surface area contributed by atoms with E-state index >= 15 is 0 Å². The van der Waals surface area contributed by atoms with Gasteiger partial charge in [-0.25, -0.2) is 0 Å². The van der Waals surface area contributed by atoms with Gasteiger partial charge in [0.15, 0.2) is 0 Å². The van der Waals surface area contributed by atoms with E-state index in [4.69, 9.17) is 4.74 Å². The second-order valence-corrected chi connectivity index (χ2v) is 6.02. The maximum atomic E-state index is 12.2. The molecule has 0 unspecified atom stereocenters. The summed E-state index contributed by atoms with van der Waals surface area (Å²) in [4.78, 5) is 29.1. The zero-order valence-corrected chi connectivity index (χ0v) is 13.8. The average Bonchev–Trinajstić information content (AvgIpc) is 2.55. The second-order valence-electron chi connectivity index (χ2n) is 6.02. The molecule has 6 heteroatoms. The smallest absolute Gasteiger partial charge is 0.244 e. The van der Waals surface area contributed by atoms with Crippen molar-refractivity contribution >= 4 is 11.8 Å². The van der Waals surface area contributed by atoms with E-state index in [0.29, 0.717) is 12.5 Å². The first kappa shape index (κ1) is 17.2. The minimum absolute atomic E-state index is 0.00487. The van der Waals surface area contributed by atoms with Crippen LogP contribution in [-0.4, -0.2) is 47.4 Å². The first-order valence-corrected chi connectivity index (χ1v) is 8.15. The summed E-state index contributed by atoms with van der Waals surface area (Å²) in [5, 5.41) is 2.65. The molecule has 0 aromatic carbocycles. The largest absolute Gasteiger partial charge is 0.492 e. The molecule has 1 aliphatic rings. The molecule has 1 aromatic heterocycles. The van der Waals surface area contributed by atoms with E-state index in [2.05, 4.69) is 10.3 Å². The van der Waals surface area contributed by atoms with Gasteiger partial charge in [-0.15, -0.1) is 0 Å². The first-order valence-electron chi connectivity index (χ1n) is 8.15. The Morgan fingerprint density at radius 1 is 1.43 bits per heavy atom. The van der Waals surface area contributed by atoms with E-state index in [1.165, 1.54) is 6.92 Å². The molecule has 1 saturated heterocycles. The summed E-state index contributed by atoms with van der Waals surface area (Å²) in [6, 6.07) is 3.31. The van der Waals surface area contributed by atoms with Crippen LogP contribution in [0.4, 0.5) is 0 Å². The molecule has 6 nitrogen and oxygen atoms in total. The Balaban J connectivity index is 1.67. The lowest BCUT2D eigenvalue weighted by molar-refractivity contribution is -0.136. The van der Waals surface area contributed by atoms with Crippen LogP contribution in [0.3, 0.4) is 0 Å². The molecule has 2 amide bonds. The highest BCUT2D eigenvalue weighted by atomic mass is 16.5. The summed E-state index contributed by atoms with van der Waals surface area (Å²) >= 11 is 0. The standard InChI is InChI=1S/C17H25N3O3/c1-13(19-14(2)21)17(22)20-9-5-15(6-10-20)7-11-23-16-4-3-8-18-12-16/h3-4,8,12-13,15H,5-7,9-11H2,1-2H3,(H,19,21)/t13-/m1/s1. The monoisotopic (exact) mass is 319 g/mol. The Labute approximate surface area is 137 Å². The summed E-state index contributed by atoms with van der Waals surface area (Å²) in [6.07, 6.45) is 6.38. The van der Waals surface area contributed by atoms with Crippen LogP contribution in [0.25, 0.3) is 0 Å². The highest BCUT2D eigenvalue weighted by molar-refractivity contribution is 5.86. The van der Waals surface area contributed by atoms with Crippen molar-refractivity contribution in [3.05, 3.63) is 24.5 Å². The lowest BCUT2D eigenvalue weighted by Crippen LogP contribution is -2.49. The Morgan fingerprint density at radius 2 is 2.17 bits per heavy atom. The van der Waals surface area contributed by atoms with Gasteiger partial charge in [0.2, 0.25) is 11.8 Å². The molecular weight excluding hydrogens is 294 g/mol. The number of aromatic nitrogens is 1. The number of piperidine rings is 1. The highest BCUT2D eigenvalue weighted by Crippen LogP contribution is 2.21. The molecule has 0 aliphatic carbocycles. The van der Waals surface area contributed by atoms with E-state index in [1.54, 1.807) is 19.3 Å². The number of hydrogen-bond acceptors (Lipinski definition) is 4. The van der Waals surface area contributed by atoms with Gasteiger partial charge in [0, 0.05) is 26.2 Å². The minimum atomic E-state index is -0.446. The Kier molecular flexibility index (Phi) is 6.38. The van der Waals surface area contributed by atoms with Gasteiger partial charge < -0.3 is 15.0 Å². The van der Waals surface area contributed by atoms with E-state index in [-0.39, 0.29) is 11.8 Å². The zero-order chi connectivity index (χ0) is 16.7. The molecule has 2 rings (SSSR count). The van der Waals surface area contributed by atoms with Crippen LogP contribution in [0, 0.1) is 5.92 Å². The molecule has 1 N–H and O–H groups in total. The number of pyridine rings is 1. The fourth-order valence-electron chi connectivity index (χ4n) is 2.86. The summed E-state index contributed by atoms with van der Waals surface area (Å²) in [7, 11) is 0. The normalized spacial score (nSPS) is 16.7. The van der Waals surface area contributed by atoms with E-state index in [0.717, 1.165) is 38.1 Å². The van der Waals surface area contributed by atoms with E-state index < -0.39 is 6.04 Å². The number of carbonyl (C=O) groups excluding carboxylic acids is 2. The molecular formula is C17H25N3O3. The molecule has 0 spiro atoms. The van der Waals surface area contributed by atoms with Gasteiger partial charge in [-0.05, 0) is 44.2 Å². The van der Waals surface area contributed by atoms with Crippen LogP contribution in [-0.2, 0) is 9.59 Å². The van der Waals surface area contributed by atoms with Gasteiger partial charge in [0.05, 0.1) is 12.8 Å². The van der Waals surface area contributed by atoms with Gasteiger partial charge in [0.25, 0.3) is 0 Å². The third-order valence-electron chi connectivity index (χ3n) is 4.15. The maximum absolute atomic E-state index is 12.2. The number of likely N-dealkylation sites (tertiary alicyclic amines) is 1. The Hall–Kier alpha value is -2.11. The molecule has 2 heterocycles. The van der Waals surface area contributed by atoms with Crippen LogP contribution >= 0.6 is 0 Å². The Morgan fingerprint density at radius 3 is 2.78 bits per heavy atom. The number of carbonyl (C=O) groups is 2. The van der Waals surface area contributed by atoms with Crippen molar-refractivity contribution in [2.24, 2.45) is 5.92 Å². The summed E-state index contributed by atoms with van der Waals surface area (Å²) in [5.41, 5.74) is 0. The lowest BCUT2D eigenvalue weighted by Gasteiger charge is -2.33. The molecule has 1 atom stereocenters. The highest BCUT2D eigenvalue weighted by Gasteiger charge is 2.26. The number of rotatable bonds is 6. The van der Waals surface area contributed by atoms with Crippen LogP contribution in [0.5, 0.6) is 5.75 Å². The third kappa shape index (κ3) is 5.54. The molecule has 0 saturated carbocycles. The first-order chi connectivity index (χ1) is 11.1. The molecule has 1 aliphatic heterocycles. The van der Waals surface area contributed by atoms with Gasteiger partial charge >= 0.3 is 0 Å². The van der Waals surface area contributed by atoms with Crippen LogP contribution in [0.2, 0.25) is 0 Å². The van der Waals surface area contributed by atoms with Gasteiger partial charge in [-0.3, -0.25) is 14.6 Å². The molecule has 0 bridgehead atoms. The summed E-state index contributed by atoms with van der Waals surface area (Å²) < 4.78 is 5.67. The van der Waals surface area contributed by atoms with Gasteiger partial charge in [0.1, 0.15) is 11.8 Å². The number of nitrogens with zero attached hydrogens (tertiary/aromatic N) is 2. The van der Waals surface area contributed by atoms with Crippen LogP contribution < -0.4 is 10.1 Å². The predicted molar refractivity (Wildman–Crippen MR) is 86.9 cm³/mol. The third-order valence-corrected chi connectivity index (χ3v) is 4.15. The van der Waals surface area contributed by atoms with Crippen molar-refractivity contribution in [2.75, 3.05) is 19.7 Å². The van der Waals surface area contributed by atoms with Crippen LogP contribution in [0.15, 0.2) is 24.5 Å². The van der Waals surface area contributed by atoms with Gasteiger partial charge in [-0.2, -0.15) is 0 Å². The van der Waals surface area contributed by atoms with E-state index in [1.807, 2.05) is 17.0 Å². The molecule has 1 aromatic rings. The molecule has 126 valence electrons. The van der Waals surface area contributed by atoms with Crippen LogP contribution in [0.1, 0.15) is 33.1 Å². The van der Waals surface area contributed by atoms with E-state index in [9.17, 15) is 9.59 Å². The predicted octanol–water partition coefficient (Wildman–Crippen LogP) is 1.61. The summed E-state index contributed by atoms with van der Waals surface area (Å²) in [6.45, 7) is 5.34. The topological polar surface area (TPSA) is 71.5 Å². The number of nitrogens with one attached hydrogen (secondary N) is 1. The lowest BCUT2D eigenvalue weighted by atomic mass is 9.93. The SMILES string of the molecule is CC(=O)N[C@H](C)C(=O)N1CCC(CCOc2cccnc2)CC1. The number of ether oxygens (including phenoxy) is 1. The molecule has 1 fully saturated rings.